The molecule has 0 amide bonds. The third-order valence-electron chi connectivity index (χ3n) is 2.71. The molecule has 1 aliphatic rings. The molecule has 0 atom stereocenters. The molecule has 1 aromatic carbocycles. The maximum atomic E-state index is 10.9. The van der Waals surface area contributed by atoms with E-state index in [1.165, 1.54) is 6.07 Å². The van der Waals surface area contributed by atoms with E-state index >= 15 is 0 Å². The lowest BCUT2D eigenvalue weighted by Gasteiger charge is -2.23. The first-order valence-electron chi connectivity index (χ1n) is 5.49. The summed E-state index contributed by atoms with van der Waals surface area (Å²) in [6, 6.07) is 4.74. The lowest BCUT2D eigenvalue weighted by molar-refractivity contribution is -0.385. The van der Waals surface area contributed by atoms with Crippen LogP contribution in [0.2, 0.25) is 5.02 Å². The molecule has 0 radical (unpaired) electrons. The lowest BCUT2D eigenvalue weighted by Crippen LogP contribution is -2.34. The Hall–Kier alpha value is -1.33. The molecule has 1 aliphatic heterocycles. The van der Waals surface area contributed by atoms with Crippen LogP contribution in [0.4, 0.5) is 5.69 Å². The number of hydrogen-bond acceptors (Lipinski definition) is 4. The van der Waals surface area contributed by atoms with E-state index in [4.69, 9.17) is 16.3 Å². The summed E-state index contributed by atoms with van der Waals surface area (Å²) >= 11 is 5.81. The number of nitrogens with one attached hydrogen (secondary N) is 1. The van der Waals surface area contributed by atoms with E-state index in [0.29, 0.717) is 0 Å². The number of halogens is 1. The first-order valence-corrected chi connectivity index (χ1v) is 5.86. The number of para-hydroxylation sites is 1. The molecule has 17 heavy (non-hydrogen) atoms. The van der Waals surface area contributed by atoms with Gasteiger partial charge >= 0.3 is 5.69 Å². The van der Waals surface area contributed by atoms with E-state index in [1.54, 1.807) is 12.1 Å². The highest BCUT2D eigenvalue weighted by molar-refractivity contribution is 6.32. The van der Waals surface area contributed by atoms with Gasteiger partial charge in [0, 0.05) is 0 Å². The number of benzene rings is 1. The van der Waals surface area contributed by atoms with E-state index in [-0.39, 0.29) is 22.6 Å². The number of rotatable bonds is 3. The van der Waals surface area contributed by atoms with Crippen LogP contribution < -0.4 is 10.1 Å². The van der Waals surface area contributed by atoms with Crippen LogP contribution in [0.3, 0.4) is 0 Å². The first-order chi connectivity index (χ1) is 8.18. The second-order valence-electron chi connectivity index (χ2n) is 3.91. The highest BCUT2D eigenvalue weighted by Gasteiger charge is 2.23. The van der Waals surface area contributed by atoms with Crippen molar-refractivity contribution in [2.75, 3.05) is 13.1 Å². The first kappa shape index (κ1) is 12.1. The number of nitrogens with zero attached hydrogens (tertiary/aromatic N) is 1. The fraction of sp³-hybridized carbons (Fsp3) is 0.455. The molecule has 0 saturated carbocycles. The molecule has 1 fully saturated rings. The van der Waals surface area contributed by atoms with Crippen molar-refractivity contribution in [3.63, 3.8) is 0 Å². The zero-order valence-electron chi connectivity index (χ0n) is 9.19. The summed E-state index contributed by atoms with van der Waals surface area (Å²) in [6.45, 7) is 1.75. The quantitative estimate of drug-likeness (QED) is 0.666. The maximum absolute atomic E-state index is 10.9. The molecule has 1 saturated heterocycles. The molecule has 0 bridgehead atoms. The van der Waals surface area contributed by atoms with E-state index in [2.05, 4.69) is 5.32 Å². The highest BCUT2D eigenvalue weighted by atomic mass is 35.5. The van der Waals surface area contributed by atoms with Crippen molar-refractivity contribution in [1.29, 1.82) is 0 Å². The Bertz CT molecular complexity index is 419. The summed E-state index contributed by atoms with van der Waals surface area (Å²) in [6.07, 6.45) is 1.72. The normalized spacial score (nSPS) is 16.8. The maximum Gasteiger partial charge on any atom is 0.329 e. The summed E-state index contributed by atoms with van der Waals surface area (Å²) in [5.41, 5.74) is -0.146. The predicted molar refractivity (Wildman–Crippen MR) is 64.6 cm³/mol. The van der Waals surface area contributed by atoms with Gasteiger partial charge in [0.2, 0.25) is 0 Å². The molecule has 0 spiro atoms. The van der Waals surface area contributed by atoms with Gasteiger partial charge in [-0.1, -0.05) is 17.7 Å². The number of nitro groups is 1. The number of ether oxygens (including phenoxy) is 1. The lowest BCUT2D eigenvalue weighted by atomic mass is 10.1. The molecule has 6 heteroatoms. The third kappa shape index (κ3) is 2.87. The second-order valence-corrected chi connectivity index (χ2v) is 4.32. The van der Waals surface area contributed by atoms with Crippen molar-refractivity contribution >= 4 is 17.3 Å². The average molecular weight is 257 g/mol. The topological polar surface area (TPSA) is 64.4 Å². The zero-order chi connectivity index (χ0) is 12.3. The Balaban J connectivity index is 2.19. The summed E-state index contributed by atoms with van der Waals surface area (Å²) in [4.78, 5) is 10.4. The molecule has 0 unspecified atom stereocenters. The largest absolute Gasteiger partial charge is 0.483 e. The summed E-state index contributed by atoms with van der Waals surface area (Å²) in [5, 5.41) is 14.2. The predicted octanol–water partition coefficient (Wildman–Crippen LogP) is 2.38. The van der Waals surface area contributed by atoms with E-state index in [1.807, 2.05) is 0 Å². The van der Waals surface area contributed by atoms with Crippen LogP contribution in [-0.4, -0.2) is 24.1 Å². The Kier molecular flexibility index (Phi) is 3.81. The van der Waals surface area contributed by atoms with Crippen molar-refractivity contribution in [2.45, 2.75) is 18.9 Å². The molecule has 1 heterocycles. The van der Waals surface area contributed by atoms with Crippen LogP contribution in [0.5, 0.6) is 5.75 Å². The number of piperidine rings is 1. The van der Waals surface area contributed by atoms with Gasteiger partial charge in [0.05, 0.1) is 4.92 Å². The summed E-state index contributed by atoms with van der Waals surface area (Å²) in [7, 11) is 0. The molecular weight excluding hydrogens is 244 g/mol. The van der Waals surface area contributed by atoms with Gasteiger partial charge in [-0.3, -0.25) is 10.1 Å². The summed E-state index contributed by atoms with van der Waals surface area (Å²) in [5.74, 6) is 0.259. The standard InChI is InChI=1S/C11H13ClN2O3/c12-9-2-1-3-10(11(9)14(15)16)17-8-4-6-13-7-5-8/h1-3,8,13H,4-7H2. The minimum Gasteiger partial charge on any atom is -0.483 e. The van der Waals surface area contributed by atoms with Crippen molar-refractivity contribution in [1.82, 2.24) is 5.32 Å². The van der Waals surface area contributed by atoms with Crippen molar-refractivity contribution in [3.8, 4) is 5.75 Å². The van der Waals surface area contributed by atoms with Crippen molar-refractivity contribution < 1.29 is 9.66 Å². The minimum atomic E-state index is -0.501. The number of nitro benzene ring substituents is 1. The van der Waals surface area contributed by atoms with Gasteiger partial charge in [0.1, 0.15) is 11.1 Å². The van der Waals surface area contributed by atoms with Crippen LogP contribution in [-0.2, 0) is 0 Å². The van der Waals surface area contributed by atoms with Crippen LogP contribution in [0.25, 0.3) is 0 Å². The van der Waals surface area contributed by atoms with Crippen molar-refractivity contribution in [2.24, 2.45) is 0 Å². The van der Waals surface area contributed by atoms with E-state index in [0.717, 1.165) is 25.9 Å². The molecule has 92 valence electrons. The molecular formula is C11H13ClN2O3. The van der Waals surface area contributed by atoms with Gasteiger partial charge in [0.25, 0.3) is 0 Å². The van der Waals surface area contributed by atoms with Gasteiger partial charge in [0.15, 0.2) is 5.75 Å². The Labute approximate surface area is 104 Å². The average Bonchev–Trinajstić information content (AvgIpc) is 2.30. The van der Waals surface area contributed by atoms with Crippen LogP contribution >= 0.6 is 11.6 Å². The Morgan fingerprint density at radius 2 is 2.12 bits per heavy atom. The fourth-order valence-electron chi connectivity index (χ4n) is 1.86. The fourth-order valence-corrected chi connectivity index (χ4v) is 2.10. The van der Waals surface area contributed by atoms with E-state index < -0.39 is 4.92 Å². The molecule has 1 N–H and O–H groups in total. The molecule has 2 rings (SSSR count). The monoisotopic (exact) mass is 256 g/mol. The number of hydrogen-bond donors (Lipinski definition) is 1. The highest BCUT2D eigenvalue weighted by Crippen LogP contribution is 2.35. The van der Waals surface area contributed by atoms with Gasteiger partial charge in [-0.05, 0) is 38.1 Å². The van der Waals surface area contributed by atoms with Crippen LogP contribution in [0.1, 0.15) is 12.8 Å². The smallest absolute Gasteiger partial charge is 0.329 e. The van der Waals surface area contributed by atoms with E-state index in [9.17, 15) is 10.1 Å². The van der Waals surface area contributed by atoms with Gasteiger partial charge in [-0.2, -0.15) is 0 Å². The van der Waals surface area contributed by atoms with Crippen molar-refractivity contribution in [3.05, 3.63) is 33.3 Å². The molecule has 0 aromatic heterocycles. The van der Waals surface area contributed by atoms with Gasteiger partial charge in [-0.25, -0.2) is 0 Å². The van der Waals surface area contributed by atoms with Gasteiger partial charge < -0.3 is 10.1 Å². The molecule has 5 nitrogen and oxygen atoms in total. The molecule has 0 aliphatic carbocycles. The third-order valence-corrected chi connectivity index (χ3v) is 3.02. The minimum absolute atomic E-state index is 0.0217. The Morgan fingerprint density at radius 3 is 2.76 bits per heavy atom. The van der Waals surface area contributed by atoms with Crippen LogP contribution in [0.15, 0.2) is 18.2 Å². The Morgan fingerprint density at radius 1 is 1.41 bits per heavy atom. The SMILES string of the molecule is O=[N+]([O-])c1c(Cl)cccc1OC1CCNCC1. The zero-order valence-corrected chi connectivity index (χ0v) is 9.94. The van der Waals surface area contributed by atoms with Gasteiger partial charge in [-0.15, -0.1) is 0 Å². The molecule has 1 aromatic rings. The second kappa shape index (κ2) is 5.33. The summed E-state index contributed by atoms with van der Waals surface area (Å²) < 4.78 is 5.66. The van der Waals surface area contributed by atoms with Crippen LogP contribution in [0, 0.1) is 10.1 Å².